The smallest absolute Gasteiger partial charge is 0.393 e. The van der Waals surface area contributed by atoms with Crippen LogP contribution in [0.4, 0.5) is 28.9 Å². The average molecular weight is 680 g/mol. The highest BCUT2D eigenvalue weighted by atomic mass is 32.1. The Morgan fingerprint density at radius 3 is 2.52 bits per heavy atom. The Bertz CT molecular complexity index is 1640. The number of likely N-dealkylation sites (tertiary alicyclic amines) is 1. The lowest BCUT2D eigenvalue weighted by atomic mass is 9.94. The van der Waals surface area contributed by atoms with Crippen molar-refractivity contribution < 1.29 is 31.6 Å². The Kier molecular flexibility index (Phi) is 10.6. The van der Waals surface area contributed by atoms with Crippen molar-refractivity contribution in [1.29, 1.82) is 0 Å². The van der Waals surface area contributed by atoms with Crippen LogP contribution in [0.25, 0.3) is 10.1 Å². The molecular formula is C34H42F4N3O3PS. The van der Waals surface area contributed by atoms with E-state index < -0.39 is 32.0 Å². The fourth-order valence-electron chi connectivity index (χ4n) is 6.48. The molecule has 0 amide bonds. The quantitative estimate of drug-likeness (QED) is 0.146. The number of alkyl halides is 4. The number of nitrogens with one attached hydrogen (secondary N) is 2. The van der Waals surface area contributed by atoms with Crippen LogP contribution in [-0.2, 0) is 15.7 Å². The molecule has 5 rings (SSSR count). The van der Waals surface area contributed by atoms with E-state index in [-0.39, 0.29) is 30.4 Å². The molecular weight excluding hydrogens is 637 g/mol. The molecule has 2 aromatic carbocycles. The van der Waals surface area contributed by atoms with Crippen LogP contribution in [0.15, 0.2) is 36.4 Å². The van der Waals surface area contributed by atoms with Crippen LogP contribution in [0, 0.1) is 11.8 Å². The zero-order chi connectivity index (χ0) is 33.2. The molecule has 6 nitrogen and oxygen atoms in total. The Balaban J connectivity index is 1.33. The van der Waals surface area contributed by atoms with Crippen LogP contribution >= 0.6 is 18.5 Å². The maximum Gasteiger partial charge on any atom is 0.393 e. The highest BCUT2D eigenvalue weighted by Gasteiger charge is 2.36. The van der Waals surface area contributed by atoms with E-state index in [1.54, 1.807) is 49.7 Å². The summed E-state index contributed by atoms with van der Waals surface area (Å²) in [6.07, 6.45) is -4.01. The van der Waals surface area contributed by atoms with Crippen molar-refractivity contribution in [1.82, 2.24) is 4.90 Å². The van der Waals surface area contributed by atoms with Gasteiger partial charge in [0.15, 0.2) is 0 Å². The second-order valence-corrected chi connectivity index (χ2v) is 16.9. The summed E-state index contributed by atoms with van der Waals surface area (Å²) in [6.45, 7) is 8.69. The van der Waals surface area contributed by atoms with Crippen molar-refractivity contribution in [2.24, 2.45) is 0 Å². The molecule has 3 aromatic rings. The molecule has 2 saturated heterocycles. The van der Waals surface area contributed by atoms with Gasteiger partial charge in [0, 0.05) is 24.4 Å². The largest absolute Gasteiger partial charge is 0.495 e. The van der Waals surface area contributed by atoms with Crippen LogP contribution in [0.1, 0.15) is 43.6 Å². The van der Waals surface area contributed by atoms with Crippen molar-refractivity contribution in [2.75, 3.05) is 50.7 Å². The second kappa shape index (κ2) is 14.1. The van der Waals surface area contributed by atoms with E-state index in [9.17, 15) is 17.7 Å². The van der Waals surface area contributed by atoms with Crippen molar-refractivity contribution in [3.63, 3.8) is 0 Å². The standard InChI is InChI=1S/C34H42F4N3O3PS/c1-21-16-23(17-22(2)44-21)41-15-13-28(27(35)20-41)40-30-9-6-8-25-26(19-34(36,37)38)32(46-33(25)30)10-7-14-39-29-12-11-24(45(4,5)42)18-31(29)43-3/h6,8-9,11-12,18,21-23,27-28,39-40H,13-17,19-20H2,1-5H3/t21-,22+,23?,27-,28+/m0/s1. The predicted molar refractivity (Wildman–Crippen MR) is 181 cm³/mol. The van der Waals surface area contributed by atoms with Crippen molar-refractivity contribution in [3.05, 3.63) is 46.8 Å². The summed E-state index contributed by atoms with van der Waals surface area (Å²) in [5, 5.41) is 7.65. The van der Waals surface area contributed by atoms with E-state index in [4.69, 9.17) is 9.47 Å². The van der Waals surface area contributed by atoms with E-state index in [1.807, 2.05) is 0 Å². The van der Waals surface area contributed by atoms with Gasteiger partial charge < -0.3 is 24.7 Å². The van der Waals surface area contributed by atoms with Gasteiger partial charge in [0.05, 0.1) is 59.3 Å². The van der Waals surface area contributed by atoms with E-state index in [1.165, 1.54) is 18.4 Å². The molecule has 2 aliphatic rings. The number of hydrogen-bond acceptors (Lipinski definition) is 7. The zero-order valence-corrected chi connectivity index (χ0v) is 28.6. The van der Waals surface area contributed by atoms with Crippen LogP contribution in [-0.4, -0.2) is 81.6 Å². The van der Waals surface area contributed by atoms with E-state index in [0.717, 1.165) is 19.4 Å². The molecule has 0 radical (unpaired) electrons. The van der Waals surface area contributed by atoms with Crippen LogP contribution in [0.5, 0.6) is 5.75 Å². The number of piperidine rings is 1. The third-order valence-electron chi connectivity index (χ3n) is 8.67. The summed E-state index contributed by atoms with van der Waals surface area (Å²) in [5.41, 5.74) is 1.39. The maximum absolute atomic E-state index is 15.6. The van der Waals surface area contributed by atoms with E-state index >= 15 is 4.39 Å². The Hall–Kier alpha value is -2.77. The lowest BCUT2D eigenvalue weighted by Gasteiger charge is -2.43. The minimum absolute atomic E-state index is 0.126. The Morgan fingerprint density at radius 1 is 1.13 bits per heavy atom. The third kappa shape index (κ3) is 8.38. The molecule has 1 unspecified atom stereocenters. The number of benzene rings is 2. The summed E-state index contributed by atoms with van der Waals surface area (Å²) in [7, 11) is -0.965. The number of thiophene rings is 1. The van der Waals surface area contributed by atoms with Gasteiger partial charge >= 0.3 is 6.18 Å². The van der Waals surface area contributed by atoms with Crippen molar-refractivity contribution in [2.45, 2.75) is 76.2 Å². The molecule has 250 valence electrons. The summed E-state index contributed by atoms with van der Waals surface area (Å²) < 4.78 is 81.2. The van der Waals surface area contributed by atoms with Gasteiger partial charge in [0.25, 0.3) is 0 Å². The van der Waals surface area contributed by atoms with Crippen LogP contribution < -0.4 is 20.7 Å². The average Bonchev–Trinajstić information content (AvgIpc) is 3.31. The first kappa shape index (κ1) is 34.6. The Labute approximate surface area is 272 Å². The monoisotopic (exact) mass is 679 g/mol. The molecule has 0 bridgehead atoms. The topological polar surface area (TPSA) is 62.8 Å². The maximum atomic E-state index is 15.6. The zero-order valence-electron chi connectivity index (χ0n) is 26.8. The molecule has 2 fully saturated rings. The summed E-state index contributed by atoms with van der Waals surface area (Å²) in [6, 6.07) is 10.3. The van der Waals surface area contributed by atoms with Crippen molar-refractivity contribution in [3.8, 4) is 17.6 Å². The number of fused-ring (bicyclic) bond motifs is 1. The summed E-state index contributed by atoms with van der Waals surface area (Å²) >= 11 is 1.20. The minimum Gasteiger partial charge on any atom is -0.495 e. The second-order valence-electron chi connectivity index (χ2n) is 12.7. The van der Waals surface area contributed by atoms with Gasteiger partial charge in [0.1, 0.15) is 19.1 Å². The fraction of sp³-hybridized carbons (Fsp3) is 0.529. The molecule has 0 saturated carbocycles. The minimum atomic E-state index is -4.42. The van der Waals surface area contributed by atoms with Gasteiger partial charge in [0.2, 0.25) is 0 Å². The first-order valence-corrected chi connectivity index (χ1v) is 19.0. The molecule has 5 atom stereocenters. The van der Waals surface area contributed by atoms with Gasteiger partial charge in [-0.15, -0.1) is 11.3 Å². The lowest BCUT2D eigenvalue weighted by Crippen LogP contribution is -2.53. The SMILES string of the molecule is COc1cc(P(C)(C)=O)ccc1NCC#Cc1sc2c(N[C@@H]3CCN(C4C[C@@H](C)O[C@@H](C)C4)C[C@@H]3F)cccc2c1CC(F)(F)F. The number of anilines is 2. The molecule has 2 N–H and O–H groups in total. The van der Waals surface area contributed by atoms with Crippen LogP contribution in [0.3, 0.4) is 0 Å². The van der Waals surface area contributed by atoms with Crippen LogP contribution in [0.2, 0.25) is 0 Å². The number of halogens is 4. The molecule has 1 aromatic heterocycles. The van der Waals surface area contributed by atoms with Crippen molar-refractivity contribution >= 4 is 45.2 Å². The normalized spacial score (nSPS) is 24.3. The number of ether oxygens (including phenoxy) is 2. The number of hydrogen-bond donors (Lipinski definition) is 2. The number of rotatable bonds is 8. The molecule has 0 spiro atoms. The van der Waals surface area contributed by atoms with Gasteiger partial charge in [-0.1, -0.05) is 24.0 Å². The van der Waals surface area contributed by atoms with Gasteiger partial charge in [-0.2, -0.15) is 13.2 Å². The lowest BCUT2D eigenvalue weighted by molar-refractivity contribution is -0.126. The van der Waals surface area contributed by atoms with Gasteiger partial charge in [-0.3, -0.25) is 4.90 Å². The molecule has 0 aliphatic carbocycles. The molecule has 2 aliphatic heterocycles. The fourth-order valence-corrected chi connectivity index (χ4v) is 8.51. The highest BCUT2D eigenvalue weighted by Crippen LogP contribution is 2.40. The summed E-state index contributed by atoms with van der Waals surface area (Å²) in [4.78, 5) is 2.56. The molecule has 3 heterocycles. The predicted octanol–water partition coefficient (Wildman–Crippen LogP) is 7.51. The first-order chi connectivity index (χ1) is 21.7. The summed E-state index contributed by atoms with van der Waals surface area (Å²) in [5.74, 6) is 6.43. The number of nitrogens with zero attached hydrogens (tertiary/aromatic N) is 1. The van der Waals surface area contributed by atoms with E-state index in [2.05, 4.69) is 41.2 Å². The van der Waals surface area contributed by atoms with Gasteiger partial charge in [-0.05, 0) is 81.7 Å². The van der Waals surface area contributed by atoms with Gasteiger partial charge in [-0.25, -0.2) is 4.39 Å². The number of methoxy groups -OCH3 is 1. The Morgan fingerprint density at radius 2 is 1.87 bits per heavy atom. The molecule has 46 heavy (non-hydrogen) atoms. The molecule has 12 heteroatoms. The highest BCUT2D eigenvalue weighted by molar-refractivity contribution is 7.70. The van der Waals surface area contributed by atoms with E-state index in [0.29, 0.717) is 50.4 Å². The third-order valence-corrected chi connectivity index (χ3v) is 11.4. The first-order valence-electron chi connectivity index (χ1n) is 15.6.